The van der Waals surface area contributed by atoms with E-state index in [9.17, 15) is 31.2 Å². The molecule has 0 unspecified atom stereocenters. The summed E-state index contributed by atoms with van der Waals surface area (Å²) in [5.41, 5.74) is -0.677. The molecule has 3 aromatic rings. The molecule has 0 fully saturated rings. The quantitative estimate of drug-likeness (QED) is 0.282. The van der Waals surface area contributed by atoms with Crippen LogP contribution >= 0.6 is 0 Å². The first-order chi connectivity index (χ1) is 20.5. The number of methoxy groups -OCH3 is 1. The van der Waals surface area contributed by atoms with E-state index in [1.54, 1.807) is 71.0 Å². The molecule has 3 aromatic carbocycles. The van der Waals surface area contributed by atoms with Gasteiger partial charge in [-0.05, 0) is 82.1 Å². The second-order valence-electron chi connectivity index (χ2n) is 11.4. The predicted molar refractivity (Wildman–Crippen MR) is 163 cm³/mol. The number of amides is 2. The maximum absolute atomic E-state index is 14.2. The Labute approximate surface area is 256 Å². The molecule has 0 spiro atoms. The number of hydrogen-bond donors (Lipinski definition) is 1. The van der Waals surface area contributed by atoms with Gasteiger partial charge in [-0.2, -0.15) is 13.2 Å². The van der Waals surface area contributed by atoms with Gasteiger partial charge >= 0.3 is 6.18 Å². The first-order valence-electron chi connectivity index (χ1n) is 14.0. The van der Waals surface area contributed by atoms with Crippen molar-refractivity contribution in [1.82, 2.24) is 10.2 Å². The smallest absolute Gasteiger partial charge is 0.416 e. The van der Waals surface area contributed by atoms with Gasteiger partial charge in [0.1, 0.15) is 18.3 Å². The van der Waals surface area contributed by atoms with Crippen molar-refractivity contribution in [3.05, 3.63) is 89.5 Å². The standard InChI is InChI=1S/C32H38F3N3O5S/c1-7-28(30(40)36-31(3,4)5)37(20-23-10-8-13-26(18-23)43-6)29(39)21-38(25-12-9-11-24(19-25)32(33,34)35)44(41,42)27-16-14-22(2)15-17-27/h8-19,28H,7,20-21H2,1-6H3,(H,36,40)/t28-/m1/s1. The summed E-state index contributed by atoms with van der Waals surface area (Å²) in [7, 11) is -3.05. The van der Waals surface area contributed by atoms with Crippen LogP contribution in [0, 0.1) is 6.92 Å². The average molecular weight is 634 g/mol. The number of nitrogens with zero attached hydrogens (tertiary/aromatic N) is 2. The number of anilines is 1. The third-order valence-electron chi connectivity index (χ3n) is 6.72. The Morgan fingerprint density at radius 1 is 0.955 bits per heavy atom. The fourth-order valence-electron chi connectivity index (χ4n) is 4.54. The Morgan fingerprint density at radius 3 is 2.16 bits per heavy atom. The number of carbonyl (C=O) groups is 2. The van der Waals surface area contributed by atoms with Crippen LogP contribution in [0.3, 0.4) is 0 Å². The van der Waals surface area contributed by atoms with E-state index >= 15 is 0 Å². The zero-order valence-corrected chi connectivity index (χ0v) is 26.4. The molecule has 0 aliphatic rings. The Morgan fingerprint density at radius 2 is 1.59 bits per heavy atom. The van der Waals surface area contributed by atoms with E-state index in [0.29, 0.717) is 21.7 Å². The Kier molecular flexibility index (Phi) is 10.7. The van der Waals surface area contributed by atoms with E-state index in [1.165, 1.54) is 30.2 Å². The van der Waals surface area contributed by atoms with Gasteiger partial charge in [-0.1, -0.05) is 42.8 Å². The third kappa shape index (κ3) is 8.75. The van der Waals surface area contributed by atoms with Crippen LogP contribution in [0.2, 0.25) is 0 Å². The minimum Gasteiger partial charge on any atom is -0.497 e. The fourth-order valence-corrected chi connectivity index (χ4v) is 5.95. The largest absolute Gasteiger partial charge is 0.497 e. The van der Waals surface area contributed by atoms with E-state index in [0.717, 1.165) is 17.7 Å². The topological polar surface area (TPSA) is 96.0 Å². The van der Waals surface area contributed by atoms with Crippen LogP contribution in [0.15, 0.2) is 77.7 Å². The predicted octanol–water partition coefficient (Wildman–Crippen LogP) is 5.94. The van der Waals surface area contributed by atoms with Gasteiger partial charge in [-0.25, -0.2) is 8.42 Å². The van der Waals surface area contributed by atoms with Gasteiger partial charge in [0.05, 0.1) is 23.3 Å². The van der Waals surface area contributed by atoms with E-state index in [4.69, 9.17) is 4.74 Å². The lowest BCUT2D eigenvalue weighted by Crippen LogP contribution is -2.55. The normalized spacial score (nSPS) is 12.8. The molecule has 0 radical (unpaired) electrons. The number of sulfonamides is 1. The Bertz CT molecular complexity index is 1570. The number of rotatable bonds is 11. The molecule has 2 amide bonds. The molecule has 0 aliphatic heterocycles. The zero-order chi connectivity index (χ0) is 32.9. The second-order valence-corrected chi connectivity index (χ2v) is 13.3. The summed E-state index contributed by atoms with van der Waals surface area (Å²) in [5.74, 6) is -0.727. The van der Waals surface area contributed by atoms with Crippen LogP contribution in [0.5, 0.6) is 5.75 Å². The number of alkyl halides is 3. The second kappa shape index (κ2) is 13.7. The average Bonchev–Trinajstić information content (AvgIpc) is 2.94. The lowest BCUT2D eigenvalue weighted by atomic mass is 10.1. The van der Waals surface area contributed by atoms with Gasteiger partial charge in [-0.3, -0.25) is 13.9 Å². The maximum atomic E-state index is 14.2. The summed E-state index contributed by atoms with van der Waals surface area (Å²) < 4.78 is 74.8. The number of nitrogens with one attached hydrogen (secondary N) is 1. The molecule has 0 aromatic heterocycles. The fraction of sp³-hybridized carbons (Fsp3) is 0.375. The number of aryl methyl sites for hydroxylation is 1. The lowest BCUT2D eigenvalue weighted by molar-refractivity contribution is -0.141. The third-order valence-corrected chi connectivity index (χ3v) is 8.51. The maximum Gasteiger partial charge on any atom is 0.416 e. The molecule has 3 rings (SSSR count). The molecule has 0 saturated heterocycles. The van der Waals surface area contributed by atoms with Crippen molar-refractivity contribution < 1.29 is 35.9 Å². The molecule has 12 heteroatoms. The van der Waals surface area contributed by atoms with Gasteiger partial charge in [0.15, 0.2) is 0 Å². The highest BCUT2D eigenvalue weighted by atomic mass is 32.2. The summed E-state index contributed by atoms with van der Waals surface area (Å²) in [6, 6.07) is 15.4. The highest BCUT2D eigenvalue weighted by Crippen LogP contribution is 2.33. The monoisotopic (exact) mass is 633 g/mol. The minimum absolute atomic E-state index is 0.0902. The van der Waals surface area contributed by atoms with Crippen LogP contribution in [0.25, 0.3) is 0 Å². The molecule has 44 heavy (non-hydrogen) atoms. The molecule has 1 atom stereocenters. The first kappa shape index (κ1) is 34.4. The number of ether oxygens (including phenoxy) is 1. The van der Waals surface area contributed by atoms with Gasteiger partial charge < -0.3 is 15.0 Å². The van der Waals surface area contributed by atoms with Crippen molar-refractivity contribution in [1.29, 1.82) is 0 Å². The highest BCUT2D eigenvalue weighted by molar-refractivity contribution is 7.92. The van der Waals surface area contributed by atoms with Crippen molar-refractivity contribution in [2.24, 2.45) is 0 Å². The molecule has 0 aliphatic carbocycles. The summed E-state index contributed by atoms with van der Waals surface area (Å²) in [4.78, 5) is 28.6. The van der Waals surface area contributed by atoms with Crippen LogP contribution in [0.4, 0.5) is 18.9 Å². The van der Waals surface area contributed by atoms with Crippen LogP contribution < -0.4 is 14.4 Å². The molecule has 238 valence electrons. The van der Waals surface area contributed by atoms with E-state index < -0.39 is 51.7 Å². The summed E-state index contributed by atoms with van der Waals surface area (Å²) in [5, 5.41) is 2.87. The molecule has 8 nitrogen and oxygen atoms in total. The number of carbonyl (C=O) groups excluding carboxylic acids is 2. The number of halogens is 3. The van der Waals surface area contributed by atoms with E-state index in [2.05, 4.69) is 5.32 Å². The van der Waals surface area contributed by atoms with Crippen molar-refractivity contribution >= 4 is 27.5 Å². The van der Waals surface area contributed by atoms with E-state index in [1.807, 2.05) is 0 Å². The minimum atomic E-state index is -4.75. The lowest BCUT2D eigenvalue weighted by Gasteiger charge is -2.35. The van der Waals surface area contributed by atoms with Crippen molar-refractivity contribution in [2.75, 3.05) is 18.0 Å². The molecular formula is C32H38F3N3O5S. The molecule has 1 N–H and O–H groups in total. The Balaban J connectivity index is 2.14. The molecule has 0 bridgehead atoms. The van der Waals surface area contributed by atoms with Gasteiger partial charge in [0.25, 0.3) is 10.0 Å². The van der Waals surface area contributed by atoms with Gasteiger partial charge in [-0.15, -0.1) is 0 Å². The number of hydrogen-bond acceptors (Lipinski definition) is 5. The molecule has 0 saturated carbocycles. The van der Waals surface area contributed by atoms with Gasteiger partial charge in [0, 0.05) is 12.1 Å². The van der Waals surface area contributed by atoms with Crippen molar-refractivity contribution in [3.63, 3.8) is 0 Å². The van der Waals surface area contributed by atoms with Gasteiger partial charge in [0.2, 0.25) is 11.8 Å². The zero-order valence-electron chi connectivity index (χ0n) is 25.6. The SMILES string of the molecule is CC[C@H](C(=O)NC(C)(C)C)N(Cc1cccc(OC)c1)C(=O)CN(c1cccc(C(F)(F)F)c1)S(=O)(=O)c1ccc(C)cc1. The van der Waals surface area contributed by atoms with Crippen LogP contribution in [0.1, 0.15) is 50.8 Å². The molecular weight excluding hydrogens is 595 g/mol. The summed E-state index contributed by atoms with van der Waals surface area (Å²) in [6.07, 6.45) is -4.57. The van der Waals surface area contributed by atoms with Crippen LogP contribution in [-0.4, -0.2) is 50.4 Å². The van der Waals surface area contributed by atoms with E-state index in [-0.39, 0.29) is 23.5 Å². The number of benzene rings is 3. The van der Waals surface area contributed by atoms with Crippen molar-refractivity contribution in [3.8, 4) is 5.75 Å². The Hall–Kier alpha value is -4.06. The highest BCUT2D eigenvalue weighted by Gasteiger charge is 2.36. The first-order valence-corrected chi connectivity index (χ1v) is 15.4. The summed E-state index contributed by atoms with van der Waals surface area (Å²) in [6.45, 7) is 7.88. The van der Waals surface area contributed by atoms with Crippen molar-refractivity contribution in [2.45, 2.75) is 70.2 Å². The van der Waals surface area contributed by atoms with Crippen LogP contribution in [-0.2, 0) is 32.3 Å². The molecule has 0 heterocycles. The summed E-state index contributed by atoms with van der Waals surface area (Å²) >= 11 is 0.